The molecular weight excluding hydrogens is 228 g/mol. The smallest absolute Gasteiger partial charge is 0.00885 e. The first kappa shape index (κ1) is 18.6. The van der Waals surface area contributed by atoms with Crippen molar-refractivity contribution in [3.8, 4) is 11.8 Å². The minimum absolute atomic E-state index is 0.892. The van der Waals surface area contributed by atoms with Gasteiger partial charge in [0.1, 0.15) is 0 Å². The number of hydrogen-bond donors (Lipinski definition) is 0. The van der Waals surface area contributed by atoms with Gasteiger partial charge in [0.2, 0.25) is 0 Å². The van der Waals surface area contributed by atoms with Crippen LogP contribution in [0, 0.1) is 17.8 Å². The fourth-order valence-electron chi connectivity index (χ4n) is 2.48. The highest BCUT2D eigenvalue weighted by atomic mass is 14.0. The topological polar surface area (TPSA) is 0 Å². The minimum atomic E-state index is 0.892. The van der Waals surface area contributed by atoms with Gasteiger partial charge in [0.15, 0.2) is 0 Å². The number of hydrogen-bond acceptors (Lipinski definition) is 0. The van der Waals surface area contributed by atoms with Crippen LogP contribution in [0.1, 0.15) is 104 Å². The first-order chi connectivity index (χ1) is 9.27. The average molecular weight is 264 g/mol. The molecule has 0 aliphatic heterocycles. The van der Waals surface area contributed by atoms with Gasteiger partial charge in [0.05, 0.1) is 0 Å². The van der Waals surface area contributed by atoms with E-state index in [1.54, 1.807) is 0 Å². The molecule has 0 aromatic rings. The van der Waals surface area contributed by atoms with E-state index in [1.165, 1.54) is 77.0 Å². The van der Waals surface area contributed by atoms with E-state index in [0.717, 1.165) is 12.3 Å². The van der Waals surface area contributed by atoms with Gasteiger partial charge in [0.25, 0.3) is 0 Å². The highest BCUT2D eigenvalue weighted by Crippen LogP contribution is 2.13. The summed E-state index contributed by atoms with van der Waals surface area (Å²) in [5.74, 6) is 7.00. The van der Waals surface area contributed by atoms with Gasteiger partial charge in [-0.25, -0.2) is 0 Å². The summed E-state index contributed by atoms with van der Waals surface area (Å²) < 4.78 is 0. The van der Waals surface area contributed by atoms with Gasteiger partial charge in [-0.05, 0) is 19.3 Å². The lowest BCUT2D eigenvalue weighted by molar-refractivity contribution is 0.504. The normalized spacial score (nSPS) is 10.5. The van der Waals surface area contributed by atoms with E-state index in [-0.39, 0.29) is 0 Å². The fraction of sp³-hybridized carbons (Fsp3) is 0.895. The Morgan fingerprint density at radius 1 is 0.632 bits per heavy atom. The molecule has 0 spiro atoms. The summed E-state index contributed by atoms with van der Waals surface area (Å²) in [6, 6.07) is 0. The molecule has 0 amide bonds. The van der Waals surface area contributed by atoms with Crippen LogP contribution in [0.15, 0.2) is 0 Å². The summed E-state index contributed by atoms with van der Waals surface area (Å²) in [6.07, 6.45) is 18.2. The van der Waals surface area contributed by atoms with E-state index in [0.29, 0.717) is 0 Å². The van der Waals surface area contributed by atoms with E-state index < -0.39 is 0 Å². The summed E-state index contributed by atoms with van der Waals surface area (Å²) in [7, 11) is 0. The van der Waals surface area contributed by atoms with Crippen molar-refractivity contribution in [2.24, 2.45) is 5.92 Å². The van der Waals surface area contributed by atoms with E-state index in [9.17, 15) is 0 Å². The molecule has 0 bridgehead atoms. The minimum Gasteiger partial charge on any atom is -0.107 e. The molecule has 0 nitrogen and oxygen atoms in total. The van der Waals surface area contributed by atoms with Crippen molar-refractivity contribution in [3.63, 3.8) is 0 Å². The Hall–Kier alpha value is -0.440. The van der Waals surface area contributed by atoms with Crippen LogP contribution in [0.4, 0.5) is 0 Å². The van der Waals surface area contributed by atoms with Crippen molar-refractivity contribution in [2.75, 3.05) is 0 Å². The summed E-state index contributed by atoms with van der Waals surface area (Å²) in [5, 5.41) is 0. The van der Waals surface area contributed by atoms with Crippen molar-refractivity contribution < 1.29 is 0 Å². The lowest BCUT2D eigenvalue weighted by atomic mass is 10.0. The molecule has 0 aliphatic rings. The first-order valence-corrected chi connectivity index (χ1v) is 8.67. The van der Waals surface area contributed by atoms with Crippen molar-refractivity contribution in [3.05, 3.63) is 0 Å². The zero-order chi connectivity index (χ0) is 14.2. The predicted octanol–water partition coefficient (Wildman–Crippen LogP) is 6.74. The number of unbranched alkanes of at least 4 members (excludes halogenated alkanes) is 11. The molecule has 0 heteroatoms. The maximum absolute atomic E-state index is 3.14. The molecule has 19 heavy (non-hydrogen) atoms. The van der Waals surface area contributed by atoms with Crippen LogP contribution in [-0.4, -0.2) is 0 Å². The molecule has 0 saturated heterocycles. The Kier molecular flexibility index (Phi) is 15.3. The molecule has 0 atom stereocenters. The second kappa shape index (κ2) is 15.6. The molecular formula is C19H36. The first-order valence-electron chi connectivity index (χ1n) is 8.67. The van der Waals surface area contributed by atoms with Crippen LogP contribution in [0.25, 0.3) is 0 Å². The van der Waals surface area contributed by atoms with Crippen LogP contribution in [-0.2, 0) is 0 Å². The summed E-state index contributed by atoms with van der Waals surface area (Å²) >= 11 is 0. The predicted molar refractivity (Wildman–Crippen MR) is 88.3 cm³/mol. The van der Waals surface area contributed by atoms with Crippen LogP contribution in [0.3, 0.4) is 0 Å². The van der Waals surface area contributed by atoms with Gasteiger partial charge in [0, 0.05) is 6.42 Å². The van der Waals surface area contributed by atoms with Gasteiger partial charge in [-0.2, -0.15) is 0 Å². The molecule has 0 N–H and O–H groups in total. The zero-order valence-electron chi connectivity index (χ0n) is 13.8. The summed E-state index contributed by atoms with van der Waals surface area (Å²) in [4.78, 5) is 0. The van der Waals surface area contributed by atoms with Crippen molar-refractivity contribution in [1.29, 1.82) is 0 Å². The third kappa shape index (κ3) is 17.6. The lowest BCUT2D eigenvalue weighted by Gasteiger charge is -2.04. The van der Waals surface area contributed by atoms with E-state index >= 15 is 0 Å². The van der Waals surface area contributed by atoms with Crippen molar-refractivity contribution in [1.82, 2.24) is 0 Å². The quantitative estimate of drug-likeness (QED) is 0.255. The molecule has 0 heterocycles. The lowest BCUT2D eigenvalue weighted by Crippen LogP contribution is -1.87. The molecule has 0 unspecified atom stereocenters. The molecule has 0 aromatic heterocycles. The van der Waals surface area contributed by atoms with Gasteiger partial charge >= 0.3 is 0 Å². The van der Waals surface area contributed by atoms with Crippen molar-refractivity contribution in [2.45, 2.75) is 104 Å². The number of rotatable bonds is 13. The second-order valence-electron chi connectivity index (χ2n) is 6.25. The maximum Gasteiger partial charge on any atom is 0.00885 e. The van der Waals surface area contributed by atoms with E-state index in [1.807, 2.05) is 6.92 Å². The molecule has 0 radical (unpaired) electrons. The van der Waals surface area contributed by atoms with Gasteiger partial charge < -0.3 is 0 Å². The third-order valence-electron chi connectivity index (χ3n) is 3.76. The highest BCUT2D eigenvalue weighted by molar-refractivity contribution is 4.94. The Morgan fingerprint density at radius 3 is 1.47 bits per heavy atom. The van der Waals surface area contributed by atoms with E-state index in [4.69, 9.17) is 0 Å². The molecule has 0 rings (SSSR count). The van der Waals surface area contributed by atoms with Crippen LogP contribution >= 0.6 is 0 Å². The molecule has 0 saturated carbocycles. The third-order valence-corrected chi connectivity index (χ3v) is 3.76. The molecule has 0 aromatic carbocycles. The molecule has 0 aliphatic carbocycles. The summed E-state index contributed by atoms with van der Waals surface area (Å²) in [5.41, 5.74) is 0. The highest BCUT2D eigenvalue weighted by Gasteiger charge is 1.95. The SMILES string of the molecule is CC#CCCCCCCCCCCCCCC(C)C. The van der Waals surface area contributed by atoms with Crippen LogP contribution in [0.5, 0.6) is 0 Å². The Balaban J connectivity index is 2.96. The van der Waals surface area contributed by atoms with Crippen molar-refractivity contribution >= 4 is 0 Å². The monoisotopic (exact) mass is 264 g/mol. The largest absolute Gasteiger partial charge is 0.107 e. The standard InChI is InChI=1S/C19H36/c1-4-5-6-7-8-9-10-11-12-13-14-15-16-17-18-19(2)3/h19H,6-18H2,1-3H3. The molecule has 112 valence electrons. The summed E-state index contributed by atoms with van der Waals surface area (Å²) in [6.45, 7) is 6.59. The van der Waals surface area contributed by atoms with Crippen LogP contribution in [0.2, 0.25) is 0 Å². The van der Waals surface area contributed by atoms with Crippen LogP contribution < -0.4 is 0 Å². The maximum atomic E-state index is 3.14. The fourth-order valence-corrected chi connectivity index (χ4v) is 2.48. The van der Waals surface area contributed by atoms with Gasteiger partial charge in [-0.3, -0.25) is 0 Å². The van der Waals surface area contributed by atoms with E-state index in [2.05, 4.69) is 25.7 Å². The van der Waals surface area contributed by atoms with Gasteiger partial charge in [-0.1, -0.05) is 84.5 Å². The zero-order valence-corrected chi connectivity index (χ0v) is 13.8. The average Bonchev–Trinajstić information content (AvgIpc) is 2.39. The Morgan fingerprint density at radius 2 is 1.05 bits per heavy atom. The van der Waals surface area contributed by atoms with Gasteiger partial charge in [-0.15, -0.1) is 11.8 Å². The Labute approximate surface area is 122 Å². The second-order valence-corrected chi connectivity index (χ2v) is 6.25. The molecule has 0 fully saturated rings. The Bertz CT molecular complexity index is 216.